The molecule has 0 aromatic rings. The molecule has 2 aliphatic rings. The fourth-order valence-electron chi connectivity index (χ4n) is 2.57. The van der Waals surface area contributed by atoms with E-state index in [-0.39, 0.29) is 25.7 Å². The van der Waals surface area contributed by atoms with Gasteiger partial charge in [0.25, 0.3) is 10.2 Å². The number of carbonyl (C=O) groups is 1. The van der Waals surface area contributed by atoms with Crippen LogP contribution in [0.5, 0.6) is 0 Å². The fourth-order valence-corrected chi connectivity index (χ4v) is 4.42. The maximum absolute atomic E-state index is 12.6. The van der Waals surface area contributed by atoms with Crippen molar-refractivity contribution in [1.29, 1.82) is 0 Å². The molecule has 2 aliphatic heterocycles. The highest BCUT2D eigenvalue weighted by Gasteiger charge is 2.38. The Hall–Kier alpha value is -0.700. The van der Waals surface area contributed by atoms with Crippen LogP contribution in [0.1, 0.15) is 26.2 Å². The molecule has 8 heteroatoms. The first-order chi connectivity index (χ1) is 8.93. The second-order valence-corrected chi connectivity index (χ2v) is 6.96. The first kappa shape index (κ1) is 14.7. The van der Waals surface area contributed by atoms with Gasteiger partial charge in [0.15, 0.2) is 0 Å². The lowest BCUT2D eigenvalue weighted by Crippen LogP contribution is -2.56. The van der Waals surface area contributed by atoms with Crippen LogP contribution < -0.4 is 5.73 Å². The van der Waals surface area contributed by atoms with Gasteiger partial charge in [0, 0.05) is 19.1 Å². The third-order valence-corrected chi connectivity index (χ3v) is 5.83. The Kier molecular flexibility index (Phi) is 4.44. The predicted octanol–water partition coefficient (Wildman–Crippen LogP) is -0.708. The average Bonchev–Trinajstić information content (AvgIpc) is 2.39. The highest BCUT2D eigenvalue weighted by molar-refractivity contribution is 7.86. The van der Waals surface area contributed by atoms with Gasteiger partial charge in [-0.2, -0.15) is 17.0 Å². The Bertz CT molecular complexity index is 439. The Morgan fingerprint density at radius 2 is 2.05 bits per heavy atom. The van der Waals surface area contributed by atoms with Gasteiger partial charge in [-0.3, -0.25) is 4.79 Å². The van der Waals surface area contributed by atoms with Crippen molar-refractivity contribution >= 4 is 16.1 Å². The minimum absolute atomic E-state index is 0.00798. The molecule has 2 atom stereocenters. The summed E-state index contributed by atoms with van der Waals surface area (Å²) >= 11 is 0. The number of hydrogen-bond donors (Lipinski definition) is 1. The quantitative estimate of drug-likeness (QED) is 0.743. The van der Waals surface area contributed by atoms with Crippen LogP contribution in [0, 0.1) is 0 Å². The number of nitrogens with two attached hydrogens (primary N) is 1. The topological polar surface area (TPSA) is 92.9 Å². The van der Waals surface area contributed by atoms with Crippen molar-refractivity contribution in [2.24, 2.45) is 5.73 Å². The largest absolute Gasteiger partial charge is 0.367 e. The van der Waals surface area contributed by atoms with E-state index >= 15 is 0 Å². The van der Waals surface area contributed by atoms with Crippen LogP contribution in [0.15, 0.2) is 0 Å². The van der Waals surface area contributed by atoms with Gasteiger partial charge in [-0.05, 0) is 19.8 Å². The summed E-state index contributed by atoms with van der Waals surface area (Å²) in [6.45, 7) is 2.95. The average molecular weight is 291 g/mol. The molecule has 2 fully saturated rings. The molecule has 2 rings (SSSR count). The number of piperidine rings is 1. The number of ether oxygens (including phenoxy) is 1. The van der Waals surface area contributed by atoms with Crippen molar-refractivity contribution in [1.82, 2.24) is 8.61 Å². The molecule has 2 heterocycles. The molecule has 0 saturated carbocycles. The molecule has 0 aromatic heterocycles. The van der Waals surface area contributed by atoms with Gasteiger partial charge in [-0.1, -0.05) is 6.42 Å². The van der Waals surface area contributed by atoms with Crippen LogP contribution in [0.4, 0.5) is 0 Å². The van der Waals surface area contributed by atoms with Crippen molar-refractivity contribution in [3.63, 3.8) is 0 Å². The normalized spacial score (nSPS) is 31.2. The van der Waals surface area contributed by atoms with E-state index in [2.05, 4.69) is 0 Å². The smallest absolute Gasteiger partial charge is 0.282 e. The molecule has 110 valence electrons. The number of morpholine rings is 1. The molecule has 1 amide bonds. The third-order valence-electron chi connectivity index (χ3n) is 3.71. The Morgan fingerprint density at radius 3 is 2.68 bits per heavy atom. The molecule has 0 spiro atoms. The molecule has 2 N–H and O–H groups in total. The summed E-state index contributed by atoms with van der Waals surface area (Å²) in [5.74, 6) is -0.619. The summed E-state index contributed by atoms with van der Waals surface area (Å²) in [5, 5.41) is 0. The maximum atomic E-state index is 12.6. The predicted molar refractivity (Wildman–Crippen MR) is 69.4 cm³/mol. The number of amides is 1. The molecule has 7 nitrogen and oxygen atoms in total. The monoisotopic (exact) mass is 291 g/mol. The Morgan fingerprint density at radius 1 is 1.32 bits per heavy atom. The van der Waals surface area contributed by atoms with E-state index in [0.29, 0.717) is 6.54 Å². The summed E-state index contributed by atoms with van der Waals surface area (Å²) in [6.07, 6.45) is 1.97. The Balaban J connectivity index is 2.12. The summed E-state index contributed by atoms with van der Waals surface area (Å²) in [4.78, 5) is 11.1. The molecular formula is C11H21N3O4S. The zero-order valence-electron chi connectivity index (χ0n) is 11.1. The minimum atomic E-state index is -3.52. The molecule has 0 aromatic carbocycles. The van der Waals surface area contributed by atoms with Gasteiger partial charge in [-0.15, -0.1) is 0 Å². The molecule has 2 unspecified atom stereocenters. The second-order valence-electron chi connectivity index (χ2n) is 5.08. The van der Waals surface area contributed by atoms with E-state index in [1.54, 1.807) is 0 Å². The first-order valence-electron chi connectivity index (χ1n) is 6.61. The van der Waals surface area contributed by atoms with E-state index in [1.165, 1.54) is 8.61 Å². The van der Waals surface area contributed by atoms with Crippen LogP contribution in [-0.2, 0) is 19.7 Å². The van der Waals surface area contributed by atoms with Crippen LogP contribution in [0.2, 0.25) is 0 Å². The Labute approximate surface area is 113 Å². The van der Waals surface area contributed by atoms with E-state index in [4.69, 9.17) is 10.5 Å². The van der Waals surface area contributed by atoms with Gasteiger partial charge in [0.1, 0.15) is 6.10 Å². The molecule has 0 bridgehead atoms. The summed E-state index contributed by atoms with van der Waals surface area (Å²) < 4.78 is 33.1. The molecule has 2 saturated heterocycles. The minimum Gasteiger partial charge on any atom is -0.367 e. The van der Waals surface area contributed by atoms with E-state index in [9.17, 15) is 13.2 Å². The highest BCUT2D eigenvalue weighted by Crippen LogP contribution is 2.23. The standard InChI is InChI=1S/C11H21N3O4S/c1-9-4-2-3-5-14(9)19(16,17)13-6-7-18-10(8-13)11(12)15/h9-10H,2-8H2,1H3,(H2,12,15). The number of carbonyl (C=O) groups excluding carboxylic acids is 1. The lowest BCUT2D eigenvalue weighted by molar-refractivity contribution is -0.132. The van der Waals surface area contributed by atoms with Crippen molar-refractivity contribution in [2.75, 3.05) is 26.2 Å². The zero-order chi connectivity index (χ0) is 14.0. The van der Waals surface area contributed by atoms with E-state index in [1.807, 2.05) is 6.92 Å². The molecule has 19 heavy (non-hydrogen) atoms. The van der Waals surface area contributed by atoms with Gasteiger partial charge in [0.2, 0.25) is 5.91 Å². The molecule has 0 aliphatic carbocycles. The van der Waals surface area contributed by atoms with Gasteiger partial charge >= 0.3 is 0 Å². The number of primary amides is 1. The summed E-state index contributed by atoms with van der Waals surface area (Å²) in [5.41, 5.74) is 5.18. The van der Waals surface area contributed by atoms with Crippen LogP contribution in [0.3, 0.4) is 0 Å². The molecule has 0 radical (unpaired) electrons. The number of nitrogens with zero attached hydrogens (tertiary/aromatic N) is 2. The van der Waals surface area contributed by atoms with Crippen LogP contribution in [-0.4, -0.2) is 61.3 Å². The fraction of sp³-hybridized carbons (Fsp3) is 0.909. The zero-order valence-corrected chi connectivity index (χ0v) is 11.9. The maximum Gasteiger partial charge on any atom is 0.282 e. The lowest BCUT2D eigenvalue weighted by atomic mass is 10.1. The van der Waals surface area contributed by atoms with Crippen molar-refractivity contribution < 1.29 is 17.9 Å². The van der Waals surface area contributed by atoms with Crippen molar-refractivity contribution in [2.45, 2.75) is 38.3 Å². The van der Waals surface area contributed by atoms with Crippen molar-refractivity contribution in [3.05, 3.63) is 0 Å². The molecular weight excluding hydrogens is 270 g/mol. The second kappa shape index (κ2) is 5.74. The third kappa shape index (κ3) is 3.07. The van der Waals surface area contributed by atoms with Crippen LogP contribution >= 0.6 is 0 Å². The SMILES string of the molecule is CC1CCCCN1S(=O)(=O)N1CCOC(C(N)=O)C1. The van der Waals surface area contributed by atoms with Crippen molar-refractivity contribution in [3.8, 4) is 0 Å². The summed E-state index contributed by atoms with van der Waals surface area (Å²) in [7, 11) is -3.52. The lowest BCUT2D eigenvalue weighted by Gasteiger charge is -2.38. The number of hydrogen-bond acceptors (Lipinski definition) is 4. The number of rotatable bonds is 3. The van der Waals surface area contributed by atoms with Gasteiger partial charge in [0.05, 0.1) is 13.2 Å². The first-order valence-corrected chi connectivity index (χ1v) is 8.00. The highest BCUT2D eigenvalue weighted by atomic mass is 32.2. The van der Waals surface area contributed by atoms with Gasteiger partial charge < -0.3 is 10.5 Å². The summed E-state index contributed by atoms with van der Waals surface area (Å²) in [6, 6.07) is 0.00798. The van der Waals surface area contributed by atoms with Crippen LogP contribution in [0.25, 0.3) is 0 Å². The van der Waals surface area contributed by atoms with E-state index in [0.717, 1.165) is 19.3 Å². The van der Waals surface area contributed by atoms with Gasteiger partial charge in [-0.25, -0.2) is 0 Å². The van der Waals surface area contributed by atoms with E-state index < -0.39 is 22.2 Å².